The molecule has 0 bridgehead atoms. The molecule has 0 radical (unpaired) electrons. The summed E-state index contributed by atoms with van der Waals surface area (Å²) in [6.07, 6.45) is 1.41. The highest BCUT2D eigenvalue weighted by Crippen LogP contribution is 2.36. The first kappa shape index (κ1) is 13.1. The smallest absolute Gasteiger partial charge is 0.245 e. The molecule has 1 spiro atoms. The largest absolute Gasteiger partial charge is 0.358 e. The molecule has 3 rings (SSSR count). The minimum absolute atomic E-state index is 0.346. The third-order valence-corrected chi connectivity index (χ3v) is 5.80. The maximum Gasteiger partial charge on any atom is 0.245 e. The molecular formula is C13H18N2O3S. The van der Waals surface area contributed by atoms with Gasteiger partial charge in [0.05, 0.1) is 11.5 Å². The van der Waals surface area contributed by atoms with Gasteiger partial charge in [0.15, 0.2) is 0 Å². The molecule has 19 heavy (non-hydrogen) atoms. The molecule has 0 saturated carbocycles. The maximum atomic E-state index is 12.7. The second-order valence-corrected chi connectivity index (χ2v) is 6.80. The quantitative estimate of drug-likeness (QED) is 0.871. The fourth-order valence-corrected chi connectivity index (χ4v) is 4.61. The van der Waals surface area contributed by atoms with Crippen LogP contribution in [0.15, 0.2) is 35.2 Å². The van der Waals surface area contributed by atoms with Crippen LogP contribution in [0.4, 0.5) is 0 Å². The number of rotatable bonds is 2. The van der Waals surface area contributed by atoms with Crippen molar-refractivity contribution < 1.29 is 13.2 Å². The van der Waals surface area contributed by atoms with Gasteiger partial charge in [0.2, 0.25) is 10.0 Å². The molecule has 6 heteroatoms. The van der Waals surface area contributed by atoms with Crippen LogP contribution >= 0.6 is 0 Å². The zero-order valence-electron chi connectivity index (χ0n) is 10.7. The van der Waals surface area contributed by atoms with Crippen LogP contribution in [0.5, 0.6) is 0 Å². The molecule has 0 aromatic heterocycles. The van der Waals surface area contributed by atoms with E-state index >= 15 is 0 Å². The third kappa shape index (κ3) is 2.18. The van der Waals surface area contributed by atoms with E-state index in [1.807, 2.05) is 6.07 Å². The normalized spacial score (nSPS) is 23.8. The average molecular weight is 282 g/mol. The van der Waals surface area contributed by atoms with E-state index < -0.39 is 15.7 Å². The summed E-state index contributed by atoms with van der Waals surface area (Å²) in [6.45, 7) is 2.50. The van der Waals surface area contributed by atoms with Crippen LogP contribution in [0.2, 0.25) is 0 Å². The van der Waals surface area contributed by atoms with Crippen molar-refractivity contribution >= 4 is 10.0 Å². The Bertz CT molecular complexity index is 538. The van der Waals surface area contributed by atoms with Crippen molar-refractivity contribution in [1.82, 2.24) is 9.62 Å². The fraction of sp³-hybridized carbons (Fsp3) is 0.538. The molecule has 1 aromatic rings. The Morgan fingerprint density at radius 1 is 1.16 bits per heavy atom. The number of benzene rings is 1. The van der Waals surface area contributed by atoms with Crippen LogP contribution in [-0.4, -0.2) is 44.7 Å². The Morgan fingerprint density at radius 3 is 2.53 bits per heavy atom. The lowest BCUT2D eigenvalue weighted by molar-refractivity contribution is -0.0704. The van der Waals surface area contributed by atoms with Gasteiger partial charge in [0, 0.05) is 19.4 Å². The van der Waals surface area contributed by atoms with Crippen molar-refractivity contribution in [2.75, 3.05) is 26.2 Å². The number of hydrogen-bond acceptors (Lipinski definition) is 4. The topological polar surface area (TPSA) is 58.6 Å². The lowest BCUT2D eigenvalue weighted by atomic mass is 10.0. The number of ether oxygens (including phenoxy) is 1. The molecule has 0 amide bonds. The fourth-order valence-electron chi connectivity index (χ4n) is 2.86. The van der Waals surface area contributed by atoms with Crippen molar-refractivity contribution in [3.8, 4) is 0 Å². The Kier molecular flexibility index (Phi) is 3.34. The number of piperidine rings is 1. The van der Waals surface area contributed by atoms with E-state index in [4.69, 9.17) is 4.74 Å². The molecule has 5 nitrogen and oxygen atoms in total. The summed E-state index contributed by atoms with van der Waals surface area (Å²) in [6, 6.07) is 8.60. The molecule has 0 unspecified atom stereocenters. The number of nitrogens with zero attached hydrogens (tertiary/aromatic N) is 1. The van der Waals surface area contributed by atoms with Gasteiger partial charge < -0.3 is 10.1 Å². The lowest BCUT2D eigenvalue weighted by Crippen LogP contribution is -2.53. The lowest BCUT2D eigenvalue weighted by Gasteiger charge is -2.39. The number of sulfonamides is 1. The van der Waals surface area contributed by atoms with Gasteiger partial charge in [0.25, 0.3) is 0 Å². The van der Waals surface area contributed by atoms with Gasteiger partial charge in [-0.25, -0.2) is 8.42 Å². The van der Waals surface area contributed by atoms with E-state index in [9.17, 15) is 8.42 Å². The number of hydrogen-bond donors (Lipinski definition) is 1. The number of nitrogens with one attached hydrogen (secondary N) is 1. The van der Waals surface area contributed by atoms with Crippen molar-refractivity contribution in [3.05, 3.63) is 30.3 Å². The zero-order valence-corrected chi connectivity index (χ0v) is 11.5. The summed E-state index contributed by atoms with van der Waals surface area (Å²) in [4.78, 5) is 0.346. The molecule has 2 fully saturated rings. The highest BCUT2D eigenvalue weighted by molar-refractivity contribution is 7.89. The summed E-state index contributed by atoms with van der Waals surface area (Å²) < 4.78 is 32.8. The summed E-state index contributed by atoms with van der Waals surface area (Å²) in [5, 5.41) is 3.25. The van der Waals surface area contributed by atoms with Crippen molar-refractivity contribution in [2.24, 2.45) is 0 Å². The second kappa shape index (κ2) is 4.86. The van der Waals surface area contributed by atoms with Crippen LogP contribution < -0.4 is 5.32 Å². The Labute approximate surface area is 113 Å². The van der Waals surface area contributed by atoms with Crippen LogP contribution in [0.3, 0.4) is 0 Å². The molecule has 1 N–H and O–H groups in total. The third-order valence-electron chi connectivity index (χ3n) is 3.84. The molecule has 104 valence electrons. The molecule has 1 aromatic carbocycles. The highest BCUT2D eigenvalue weighted by Gasteiger charge is 2.49. The van der Waals surface area contributed by atoms with E-state index in [0.29, 0.717) is 30.9 Å². The SMILES string of the molecule is O=S(=O)(c1ccccc1)N1CCOC12CCNCC2. The average Bonchev–Trinajstić information content (AvgIpc) is 2.84. The van der Waals surface area contributed by atoms with E-state index in [1.54, 1.807) is 28.6 Å². The van der Waals surface area contributed by atoms with Crippen LogP contribution in [-0.2, 0) is 14.8 Å². The van der Waals surface area contributed by atoms with E-state index in [2.05, 4.69) is 5.32 Å². The summed E-state index contributed by atoms with van der Waals surface area (Å²) >= 11 is 0. The van der Waals surface area contributed by atoms with Crippen LogP contribution in [0, 0.1) is 0 Å². The van der Waals surface area contributed by atoms with Gasteiger partial charge in [-0.15, -0.1) is 0 Å². The highest BCUT2D eigenvalue weighted by atomic mass is 32.2. The molecule has 2 aliphatic heterocycles. The predicted molar refractivity (Wildman–Crippen MR) is 71.1 cm³/mol. The standard InChI is InChI=1S/C13H18N2O3S/c16-19(17,12-4-2-1-3-5-12)15-10-11-18-13(15)6-8-14-9-7-13/h1-5,14H,6-11H2. The minimum Gasteiger partial charge on any atom is -0.358 e. The van der Waals surface area contributed by atoms with E-state index in [1.165, 1.54) is 0 Å². The summed E-state index contributed by atoms with van der Waals surface area (Å²) in [5.41, 5.74) is -0.639. The Hall–Kier alpha value is -0.950. The summed E-state index contributed by atoms with van der Waals surface area (Å²) in [5.74, 6) is 0. The van der Waals surface area contributed by atoms with Crippen molar-refractivity contribution in [3.63, 3.8) is 0 Å². The van der Waals surface area contributed by atoms with Gasteiger partial charge in [-0.3, -0.25) is 0 Å². The first-order valence-corrected chi connectivity index (χ1v) is 8.02. The molecule has 0 aliphatic carbocycles. The summed E-state index contributed by atoms with van der Waals surface area (Å²) in [7, 11) is -3.47. The first-order chi connectivity index (χ1) is 9.15. The van der Waals surface area contributed by atoms with Crippen LogP contribution in [0.1, 0.15) is 12.8 Å². The minimum atomic E-state index is -3.47. The molecule has 2 aliphatic rings. The molecule has 2 saturated heterocycles. The van der Waals surface area contributed by atoms with Crippen molar-refractivity contribution in [2.45, 2.75) is 23.5 Å². The van der Waals surface area contributed by atoms with E-state index in [-0.39, 0.29) is 0 Å². The maximum absolute atomic E-state index is 12.7. The molecule has 2 heterocycles. The first-order valence-electron chi connectivity index (χ1n) is 6.58. The van der Waals surface area contributed by atoms with Gasteiger partial charge in [-0.05, 0) is 25.2 Å². The predicted octanol–water partition coefficient (Wildman–Crippen LogP) is 0.787. The molecule has 0 atom stereocenters. The van der Waals surface area contributed by atoms with Gasteiger partial charge in [-0.1, -0.05) is 18.2 Å². The van der Waals surface area contributed by atoms with Gasteiger partial charge in [-0.2, -0.15) is 4.31 Å². The van der Waals surface area contributed by atoms with Gasteiger partial charge >= 0.3 is 0 Å². The second-order valence-electron chi connectivity index (χ2n) is 4.93. The molecular weight excluding hydrogens is 264 g/mol. The Balaban J connectivity index is 1.96. The monoisotopic (exact) mass is 282 g/mol. The van der Waals surface area contributed by atoms with E-state index in [0.717, 1.165) is 13.1 Å². The van der Waals surface area contributed by atoms with Crippen molar-refractivity contribution in [1.29, 1.82) is 0 Å². The van der Waals surface area contributed by atoms with Gasteiger partial charge in [0.1, 0.15) is 5.72 Å². The Morgan fingerprint density at radius 2 is 1.84 bits per heavy atom. The zero-order chi connectivity index (χ0) is 13.3. The van der Waals surface area contributed by atoms with Crippen LogP contribution in [0.25, 0.3) is 0 Å².